The minimum absolute atomic E-state index is 0.126. The minimum atomic E-state index is -1.04. The topological polar surface area (TPSA) is 85.3 Å². The van der Waals surface area contributed by atoms with Crippen molar-refractivity contribution in [2.45, 2.75) is 57.6 Å². The van der Waals surface area contributed by atoms with E-state index >= 15 is 0 Å². The van der Waals surface area contributed by atoms with E-state index in [2.05, 4.69) is 0 Å². The van der Waals surface area contributed by atoms with Crippen LogP contribution in [0.1, 0.15) is 46.8 Å². The molecule has 0 radical (unpaired) electrons. The van der Waals surface area contributed by atoms with Crippen molar-refractivity contribution in [3.05, 3.63) is 101 Å². The van der Waals surface area contributed by atoms with Crippen LogP contribution in [0.5, 0.6) is 5.75 Å². The number of ether oxygens (including phenoxy) is 3. The fourth-order valence-electron chi connectivity index (χ4n) is 5.20. The molecule has 3 aromatic rings. The molecule has 0 saturated carbocycles. The number of benzene rings is 3. The Bertz CT molecular complexity index is 1260. The molecule has 2 aliphatic rings. The molecular formula is C31H33NO6. The molecule has 2 aliphatic heterocycles. The third kappa shape index (κ3) is 5.74. The Hall–Kier alpha value is -3.68. The molecule has 2 heterocycles. The zero-order chi connectivity index (χ0) is 26.5. The van der Waals surface area contributed by atoms with Crippen LogP contribution in [-0.4, -0.2) is 47.2 Å². The zero-order valence-electron chi connectivity index (χ0n) is 21.5. The van der Waals surface area contributed by atoms with Gasteiger partial charge in [0.15, 0.2) is 6.10 Å². The molecule has 1 saturated heterocycles. The molecule has 198 valence electrons. The molecule has 38 heavy (non-hydrogen) atoms. The van der Waals surface area contributed by atoms with E-state index in [0.29, 0.717) is 38.4 Å². The maximum absolute atomic E-state index is 14.0. The Balaban J connectivity index is 1.44. The first-order chi connectivity index (χ1) is 18.5. The third-order valence-corrected chi connectivity index (χ3v) is 7.29. The van der Waals surface area contributed by atoms with Gasteiger partial charge in [-0.05, 0) is 42.0 Å². The van der Waals surface area contributed by atoms with Gasteiger partial charge in [0, 0.05) is 31.7 Å². The van der Waals surface area contributed by atoms with Gasteiger partial charge >= 0.3 is 5.97 Å². The fraction of sp³-hybridized carbons (Fsp3) is 0.355. The number of carboxylic acids is 1. The molecule has 7 nitrogen and oxygen atoms in total. The van der Waals surface area contributed by atoms with Crippen LogP contribution < -0.4 is 4.74 Å². The van der Waals surface area contributed by atoms with E-state index in [1.54, 1.807) is 0 Å². The predicted octanol–water partition coefficient (Wildman–Crippen LogP) is 4.85. The molecule has 1 amide bonds. The van der Waals surface area contributed by atoms with E-state index in [-0.39, 0.29) is 25.0 Å². The van der Waals surface area contributed by atoms with Gasteiger partial charge in [-0.15, -0.1) is 0 Å². The van der Waals surface area contributed by atoms with E-state index < -0.39 is 18.1 Å². The smallest absolute Gasteiger partial charge is 0.326 e. The molecule has 0 aromatic heterocycles. The number of rotatable bonds is 8. The van der Waals surface area contributed by atoms with Gasteiger partial charge in [0.25, 0.3) is 5.91 Å². The molecule has 1 N–H and O–H groups in total. The summed E-state index contributed by atoms with van der Waals surface area (Å²) in [4.78, 5) is 28.0. The lowest BCUT2D eigenvalue weighted by molar-refractivity contribution is -0.162. The number of carboxylic acid groups (broad SMARTS) is 1. The highest BCUT2D eigenvalue weighted by Crippen LogP contribution is 2.36. The first kappa shape index (κ1) is 25.9. The molecule has 2 atom stereocenters. The van der Waals surface area contributed by atoms with Crippen LogP contribution in [0, 0.1) is 6.92 Å². The van der Waals surface area contributed by atoms with Crippen LogP contribution in [-0.2, 0) is 38.6 Å². The highest BCUT2D eigenvalue weighted by Gasteiger charge is 2.40. The maximum Gasteiger partial charge on any atom is 0.326 e. The Labute approximate surface area is 222 Å². The van der Waals surface area contributed by atoms with Crippen molar-refractivity contribution in [1.82, 2.24) is 4.90 Å². The van der Waals surface area contributed by atoms with Gasteiger partial charge in [0.05, 0.1) is 6.10 Å². The second-order valence-corrected chi connectivity index (χ2v) is 9.89. The van der Waals surface area contributed by atoms with E-state index in [4.69, 9.17) is 14.2 Å². The Morgan fingerprint density at radius 3 is 2.37 bits per heavy atom. The summed E-state index contributed by atoms with van der Waals surface area (Å²) in [5.41, 5.74) is 4.42. The number of carbonyl (C=O) groups excluding carboxylic acids is 1. The summed E-state index contributed by atoms with van der Waals surface area (Å²) in [6.45, 7) is 3.68. The van der Waals surface area contributed by atoms with Gasteiger partial charge in [-0.1, -0.05) is 72.8 Å². The van der Waals surface area contributed by atoms with Gasteiger partial charge in [0.2, 0.25) is 0 Å². The van der Waals surface area contributed by atoms with E-state index in [9.17, 15) is 14.7 Å². The first-order valence-electron chi connectivity index (χ1n) is 13.1. The maximum atomic E-state index is 14.0. The van der Waals surface area contributed by atoms with Gasteiger partial charge in [-0.25, -0.2) is 4.79 Å². The van der Waals surface area contributed by atoms with Crippen molar-refractivity contribution >= 4 is 11.9 Å². The average molecular weight is 516 g/mol. The normalized spacial score (nSPS) is 18.4. The van der Waals surface area contributed by atoms with Gasteiger partial charge < -0.3 is 24.2 Å². The van der Waals surface area contributed by atoms with E-state index in [0.717, 1.165) is 27.8 Å². The Morgan fingerprint density at radius 2 is 1.68 bits per heavy atom. The van der Waals surface area contributed by atoms with Crippen molar-refractivity contribution in [1.29, 1.82) is 0 Å². The highest BCUT2D eigenvalue weighted by molar-refractivity contribution is 5.88. The number of fused-ring (bicyclic) bond motifs is 1. The van der Waals surface area contributed by atoms with Crippen LogP contribution in [0.25, 0.3) is 0 Å². The van der Waals surface area contributed by atoms with Crippen LogP contribution >= 0.6 is 0 Å². The Kier molecular flexibility index (Phi) is 8.05. The highest BCUT2D eigenvalue weighted by atomic mass is 16.5. The zero-order valence-corrected chi connectivity index (χ0v) is 21.5. The van der Waals surface area contributed by atoms with E-state index in [1.165, 1.54) is 4.90 Å². The van der Waals surface area contributed by atoms with Gasteiger partial charge in [-0.3, -0.25) is 4.79 Å². The number of nitrogens with zero attached hydrogens (tertiary/aromatic N) is 1. The van der Waals surface area contributed by atoms with Crippen molar-refractivity contribution in [2.75, 3.05) is 13.2 Å². The number of hydrogen-bond acceptors (Lipinski definition) is 5. The molecule has 1 fully saturated rings. The van der Waals surface area contributed by atoms with Crippen molar-refractivity contribution in [3.8, 4) is 5.75 Å². The standard InChI is InChI=1S/C31H33NO6/c1-21-12-13-24-19-32(27(31(34)35)18-26(24)28(21)37-20-22-8-4-2-5-9-22)30(33)29(23-10-6-3-7-11-23)38-25-14-16-36-17-15-25/h2-13,25,27,29H,14-20H2,1H3,(H,34,35)/t27-,29+/m0/s1. The second-order valence-electron chi connectivity index (χ2n) is 9.89. The largest absolute Gasteiger partial charge is 0.488 e. The lowest BCUT2D eigenvalue weighted by Gasteiger charge is -2.38. The summed E-state index contributed by atoms with van der Waals surface area (Å²) >= 11 is 0. The van der Waals surface area contributed by atoms with Crippen molar-refractivity contribution < 1.29 is 28.9 Å². The summed E-state index contributed by atoms with van der Waals surface area (Å²) in [5, 5.41) is 10.2. The lowest BCUT2D eigenvalue weighted by atomic mass is 9.90. The quantitative estimate of drug-likeness (QED) is 0.462. The van der Waals surface area contributed by atoms with Crippen LogP contribution in [0.3, 0.4) is 0 Å². The second kappa shape index (κ2) is 11.8. The first-order valence-corrected chi connectivity index (χ1v) is 13.1. The van der Waals surface area contributed by atoms with Crippen molar-refractivity contribution in [3.63, 3.8) is 0 Å². The third-order valence-electron chi connectivity index (χ3n) is 7.29. The molecule has 0 unspecified atom stereocenters. The molecule has 0 spiro atoms. The number of amides is 1. The SMILES string of the molecule is Cc1ccc2c(c1OCc1ccccc1)C[C@@H](C(=O)O)N(C(=O)[C@H](OC1CCOCC1)c1ccccc1)C2. The minimum Gasteiger partial charge on any atom is -0.488 e. The molecule has 0 aliphatic carbocycles. The summed E-state index contributed by atoms with van der Waals surface area (Å²) in [5.74, 6) is -0.687. The van der Waals surface area contributed by atoms with Gasteiger partial charge in [0.1, 0.15) is 18.4 Å². The number of hydrogen-bond donors (Lipinski definition) is 1. The van der Waals surface area contributed by atoms with E-state index in [1.807, 2.05) is 79.7 Å². The number of aryl methyl sites for hydroxylation is 1. The van der Waals surface area contributed by atoms with Gasteiger partial charge in [-0.2, -0.15) is 0 Å². The number of carbonyl (C=O) groups is 2. The lowest BCUT2D eigenvalue weighted by Crippen LogP contribution is -2.51. The molecule has 5 rings (SSSR count). The fourth-order valence-corrected chi connectivity index (χ4v) is 5.20. The van der Waals surface area contributed by atoms with Crippen LogP contribution in [0.2, 0.25) is 0 Å². The monoisotopic (exact) mass is 515 g/mol. The average Bonchev–Trinajstić information content (AvgIpc) is 2.96. The summed E-state index contributed by atoms with van der Waals surface area (Å²) in [6.07, 6.45) is 0.550. The summed E-state index contributed by atoms with van der Waals surface area (Å²) < 4.78 is 18.0. The molecular weight excluding hydrogens is 482 g/mol. The van der Waals surface area contributed by atoms with Crippen LogP contribution in [0.15, 0.2) is 72.8 Å². The Morgan fingerprint density at radius 1 is 1.00 bits per heavy atom. The predicted molar refractivity (Wildman–Crippen MR) is 142 cm³/mol. The number of aliphatic carboxylic acids is 1. The molecule has 0 bridgehead atoms. The van der Waals surface area contributed by atoms with Crippen LogP contribution in [0.4, 0.5) is 0 Å². The molecule has 7 heteroatoms. The van der Waals surface area contributed by atoms with Crippen molar-refractivity contribution in [2.24, 2.45) is 0 Å². The molecule has 3 aromatic carbocycles. The summed E-state index contributed by atoms with van der Waals surface area (Å²) in [6, 6.07) is 22.1. The summed E-state index contributed by atoms with van der Waals surface area (Å²) in [7, 11) is 0.